The van der Waals surface area contributed by atoms with Gasteiger partial charge in [-0.05, 0) is 36.4 Å². The van der Waals surface area contributed by atoms with Gasteiger partial charge in [0, 0.05) is 18.9 Å². The largest absolute Gasteiger partial charge is 0.491 e. The van der Waals surface area contributed by atoms with E-state index in [0.717, 1.165) is 22.7 Å². The minimum absolute atomic E-state index is 0.550. The van der Waals surface area contributed by atoms with E-state index < -0.39 is 0 Å². The quantitative estimate of drug-likeness (QED) is 0.667. The van der Waals surface area contributed by atoms with Crippen molar-refractivity contribution in [2.75, 3.05) is 20.3 Å². The Kier molecular flexibility index (Phi) is 3.60. The Bertz CT molecular complexity index is 659. The van der Waals surface area contributed by atoms with Crippen LogP contribution in [0.25, 0.3) is 16.9 Å². The third-order valence-electron chi connectivity index (χ3n) is 2.94. The molecule has 0 saturated heterocycles. The Morgan fingerprint density at radius 2 is 1.95 bits per heavy atom. The van der Waals surface area contributed by atoms with E-state index >= 15 is 0 Å². The number of rotatable bonds is 5. The molecule has 3 rings (SSSR count). The van der Waals surface area contributed by atoms with Gasteiger partial charge in [-0.25, -0.2) is 9.50 Å². The van der Waals surface area contributed by atoms with Crippen molar-refractivity contribution >= 4 is 5.65 Å². The molecule has 2 heterocycles. The minimum Gasteiger partial charge on any atom is -0.491 e. The Morgan fingerprint density at radius 1 is 1.10 bits per heavy atom. The predicted molar refractivity (Wildman–Crippen MR) is 75.8 cm³/mol. The summed E-state index contributed by atoms with van der Waals surface area (Å²) < 4.78 is 12.2. The van der Waals surface area contributed by atoms with Crippen LogP contribution in [0, 0.1) is 0 Å². The molecule has 1 aromatic carbocycles. The fraction of sp³-hybridized carbons (Fsp3) is 0.200. The van der Waals surface area contributed by atoms with Gasteiger partial charge in [-0.3, -0.25) is 0 Å². The van der Waals surface area contributed by atoms with Crippen LogP contribution in [-0.2, 0) is 4.74 Å². The Morgan fingerprint density at radius 3 is 2.70 bits per heavy atom. The Labute approximate surface area is 116 Å². The molecule has 0 bridgehead atoms. The van der Waals surface area contributed by atoms with Gasteiger partial charge in [-0.2, -0.15) is 5.10 Å². The molecule has 0 saturated carbocycles. The fourth-order valence-electron chi connectivity index (χ4n) is 1.93. The molecular weight excluding hydrogens is 254 g/mol. The van der Waals surface area contributed by atoms with Crippen LogP contribution in [0.5, 0.6) is 5.75 Å². The van der Waals surface area contributed by atoms with Crippen molar-refractivity contribution in [1.29, 1.82) is 0 Å². The van der Waals surface area contributed by atoms with E-state index in [9.17, 15) is 0 Å². The first kappa shape index (κ1) is 12.6. The highest BCUT2D eigenvalue weighted by Gasteiger charge is 2.04. The van der Waals surface area contributed by atoms with Gasteiger partial charge in [0.25, 0.3) is 0 Å². The fourth-order valence-corrected chi connectivity index (χ4v) is 1.93. The lowest BCUT2D eigenvalue weighted by Gasteiger charge is -2.05. The highest BCUT2D eigenvalue weighted by molar-refractivity contribution is 5.62. The average Bonchev–Trinajstić information content (AvgIpc) is 2.92. The topological polar surface area (TPSA) is 48.7 Å². The molecule has 3 aromatic rings. The van der Waals surface area contributed by atoms with Gasteiger partial charge in [0.05, 0.1) is 18.5 Å². The normalized spacial score (nSPS) is 10.8. The van der Waals surface area contributed by atoms with E-state index in [1.165, 1.54) is 0 Å². The third kappa shape index (κ3) is 2.62. The number of aromatic nitrogens is 3. The van der Waals surface area contributed by atoms with Crippen molar-refractivity contribution in [2.24, 2.45) is 0 Å². The molecule has 0 spiro atoms. The van der Waals surface area contributed by atoms with Crippen molar-refractivity contribution in [3.63, 3.8) is 0 Å². The molecule has 0 N–H and O–H groups in total. The van der Waals surface area contributed by atoms with E-state index in [0.29, 0.717) is 13.2 Å². The summed E-state index contributed by atoms with van der Waals surface area (Å²) in [6.07, 6.45) is 3.65. The standard InChI is InChI=1S/C15H15N3O2/c1-19-9-10-20-13-6-4-12(5-7-13)14-11-18-15(17-14)3-2-8-16-18/h2-8,11H,9-10H2,1H3. The van der Waals surface area contributed by atoms with Gasteiger partial charge in [0.2, 0.25) is 0 Å². The number of ether oxygens (including phenoxy) is 2. The van der Waals surface area contributed by atoms with Crippen LogP contribution < -0.4 is 4.74 Å². The molecule has 5 nitrogen and oxygen atoms in total. The van der Waals surface area contributed by atoms with Crippen molar-refractivity contribution in [1.82, 2.24) is 14.6 Å². The van der Waals surface area contributed by atoms with Crippen molar-refractivity contribution in [3.05, 3.63) is 48.8 Å². The van der Waals surface area contributed by atoms with Gasteiger partial charge < -0.3 is 9.47 Å². The molecule has 0 unspecified atom stereocenters. The maximum Gasteiger partial charge on any atom is 0.154 e. The molecule has 0 aliphatic rings. The molecule has 0 radical (unpaired) electrons. The van der Waals surface area contributed by atoms with E-state index in [4.69, 9.17) is 9.47 Å². The Balaban J connectivity index is 1.79. The van der Waals surface area contributed by atoms with E-state index in [1.807, 2.05) is 42.6 Å². The SMILES string of the molecule is COCCOc1ccc(-c2cn3ncccc3n2)cc1. The summed E-state index contributed by atoms with van der Waals surface area (Å²) in [6.45, 7) is 1.13. The summed E-state index contributed by atoms with van der Waals surface area (Å²) >= 11 is 0. The van der Waals surface area contributed by atoms with Crippen LogP contribution >= 0.6 is 0 Å². The molecule has 0 aliphatic carbocycles. The maximum atomic E-state index is 5.53. The van der Waals surface area contributed by atoms with Crippen LogP contribution in [0.3, 0.4) is 0 Å². The zero-order chi connectivity index (χ0) is 13.8. The molecule has 0 atom stereocenters. The van der Waals surface area contributed by atoms with Gasteiger partial charge >= 0.3 is 0 Å². The summed E-state index contributed by atoms with van der Waals surface area (Å²) in [5.74, 6) is 0.827. The number of methoxy groups -OCH3 is 1. The highest BCUT2D eigenvalue weighted by atomic mass is 16.5. The molecule has 102 valence electrons. The number of benzene rings is 1. The average molecular weight is 269 g/mol. The Hall–Kier alpha value is -2.40. The monoisotopic (exact) mass is 269 g/mol. The van der Waals surface area contributed by atoms with Crippen molar-refractivity contribution < 1.29 is 9.47 Å². The third-order valence-corrected chi connectivity index (χ3v) is 2.94. The number of imidazole rings is 1. The van der Waals surface area contributed by atoms with Crippen LogP contribution in [-0.4, -0.2) is 34.9 Å². The number of hydrogen-bond donors (Lipinski definition) is 0. The van der Waals surface area contributed by atoms with Crippen LogP contribution in [0.4, 0.5) is 0 Å². The van der Waals surface area contributed by atoms with Gasteiger partial charge in [-0.1, -0.05) is 0 Å². The molecule has 0 amide bonds. The summed E-state index contributed by atoms with van der Waals surface area (Å²) in [4.78, 5) is 4.53. The minimum atomic E-state index is 0.550. The van der Waals surface area contributed by atoms with Crippen molar-refractivity contribution in [3.8, 4) is 17.0 Å². The lowest BCUT2D eigenvalue weighted by molar-refractivity contribution is 0.146. The van der Waals surface area contributed by atoms with Crippen molar-refractivity contribution in [2.45, 2.75) is 0 Å². The molecule has 0 fully saturated rings. The zero-order valence-corrected chi connectivity index (χ0v) is 11.2. The van der Waals surface area contributed by atoms with E-state index in [-0.39, 0.29) is 0 Å². The van der Waals surface area contributed by atoms with Gasteiger partial charge in [-0.15, -0.1) is 0 Å². The summed E-state index contributed by atoms with van der Waals surface area (Å²) in [6, 6.07) is 11.6. The van der Waals surface area contributed by atoms with E-state index in [2.05, 4.69) is 10.1 Å². The smallest absolute Gasteiger partial charge is 0.154 e. The molecule has 0 aliphatic heterocycles. The zero-order valence-electron chi connectivity index (χ0n) is 11.2. The van der Waals surface area contributed by atoms with Crippen LogP contribution in [0.1, 0.15) is 0 Å². The summed E-state index contributed by atoms with van der Waals surface area (Å²) in [5, 5.41) is 4.21. The number of hydrogen-bond acceptors (Lipinski definition) is 4. The molecule has 20 heavy (non-hydrogen) atoms. The van der Waals surface area contributed by atoms with E-state index in [1.54, 1.807) is 17.8 Å². The van der Waals surface area contributed by atoms with Crippen LogP contribution in [0.15, 0.2) is 48.8 Å². The molecule has 2 aromatic heterocycles. The summed E-state index contributed by atoms with van der Waals surface area (Å²) in [7, 11) is 1.66. The molecule has 5 heteroatoms. The first-order valence-corrected chi connectivity index (χ1v) is 6.39. The second-order valence-corrected chi connectivity index (χ2v) is 4.32. The molecular formula is C15H15N3O2. The second-order valence-electron chi connectivity index (χ2n) is 4.32. The first-order chi connectivity index (χ1) is 9.86. The maximum absolute atomic E-state index is 5.53. The highest BCUT2D eigenvalue weighted by Crippen LogP contribution is 2.21. The number of fused-ring (bicyclic) bond motifs is 1. The lowest BCUT2D eigenvalue weighted by atomic mass is 10.2. The lowest BCUT2D eigenvalue weighted by Crippen LogP contribution is -2.03. The second kappa shape index (κ2) is 5.71. The summed E-state index contributed by atoms with van der Waals surface area (Å²) in [5.41, 5.74) is 2.77. The first-order valence-electron chi connectivity index (χ1n) is 6.39. The van der Waals surface area contributed by atoms with Gasteiger partial charge in [0.15, 0.2) is 5.65 Å². The predicted octanol–water partition coefficient (Wildman–Crippen LogP) is 2.42. The number of nitrogens with zero attached hydrogens (tertiary/aromatic N) is 3. The van der Waals surface area contributed by atoms with Crippen LogP contribution in [0.2, 0.25) is 0 Å². The van der Waals surface area contributed by atoms with Gasteiger partial charge in [0.1, 0.15) is 12.4 Å².